The third-order valence-electron chi connectivity index (χ3n) is 2.48. The molecular formula is C11H22N2O2S. The lowest BCUT2D eigenvalue weighted by Crippen LogP contribution is -2.43. The lowest BCUT2D eigenvalue weighted by molar-refractivity contribution is -0.121. The highest BCUT2D eigenvalue weighted by molar-refractivity contribution is 7.98. The lowest BCUT2D eigenvalue weighted by Gasteiger charge is -2.22. The van der Waals surface area contributed by atoms with Crippen LogP contribution in [0.4, 0.5) is 0 Å². The molecule has 0 spiro atoms. The van der Waals surface area contributed by atoms with E-state index >= 15 is 0 Å². The van der Waals surface area contributed by atoms with E-state index in [0.717, 1.165) is 6.54 Å². The summed E-state index contributed by atoms with van der Waals surface area (Å²) in [5.74, 6) is 0.641. The molecule has 1 atom stereocenters. The normalized spacial score (nSPS) is 19.2. The average Bonchev–Trinajstić information content (AvgIpc) is 2.99. The number of aliphatic hydroxyl groups is 1. The minimum Gasteiger partial charge on any atom is -0.387 e. The molecule has 16 heavy (non-hydrogen) atoms. The fourth-order valence-corrected chi connectivity index (χ4v) is 2.14. The third-order valence-corrected chi connectivity index (χ3v) is 3.39. The predicted octanol–water partition coefficient (Wildman–Crippen LogP) is 0.359. The number of rotatable bonds is 8. The van der Waals surface area contributed by atoms with E-state index in [2.05, 4.69) is 10.6 Å². The Kier molecular flexibility index (Phi) is 5.58. The van der Waals surface area contributed by atoms with Gasteiger partial charge in [-0.25, -0.2) is 0 Å². The van der Waals surface area contributed by atoms with Gasteiger partial charge in [-0.2, -0.15) is 11.8 Å². The van der Waals surface area contributed by atoms with E-state index in [1.807, 2.05) is 6.26 Å². The van der Waals surface area contributed by atoms with Crippen molar-refractivity contribution < 1.29 is 9.90 Å². The molecule has 0 bridgehead atoms. The summed E-state index contributed by atoms with van der Waals surface area (Å²) in [6.07, 6.45) is 4.91. The molecule has 0 aromatic heterocycles. The van der Waals surface area contributed by atoms with Gasteiger partial charge < -0.3 is 15.7 Å². The van der Waals surface area contributed by atoms with Crippen LogP contribution < -0.4 is 10.6 Å². The first kappa shape index (κ1) is 13.8. The second-order valence-corrected chi connectivity index (χ2v) is 5.55. The van der Waals surface area contributed by atoms with Crippen LogP contribution in [-0.4, -0.2) is 47.8 Å². The van der Waals surface area contributed by atoms with E-state index in [0.29, 0.717) is 24.8 Å². The molecule has 0 aromatic rings. The van der Waals surface area contributed by atoms with Gasteiger partial charge in [0.05, 0.1) is 5.60 Å². The number of carbonyl (C=O) groups is 1. The molecule has 0 aromatic carbocycles. The quantitative estimate of drug-likeness (QED) is 0.579. The second kappa shape index (κ2) is 6.47. The molecule has 4 nitrogen and oxygen atoms in total. The highest BCUT2D eigenvalue weighted by atomic mass is 32.2. The van der Waals surface area contributed by atoms with Gasteiger partial charge >= 0.3 is 0 Å². The van der Waals surface area contributed by atoms with E-state index < -0.39 is 5.60 Å². The van der Waals surface area contributed by atoms with Gasteiger partial charge in [0.1, 0.15) is 0 Å². The van der Waals surface area contributed by atoms with E-state index in [4.69, 9.17) is 0 Å². The Morgan fingerprint density at radius 1 is 1.56 bits per heavy atom. The summed E-state index contributed by atoms with van der Waals surface area (Å²) in [5.41, 5.74) is -0.807. The monoisotopic (exact) mass is 246 g/mol. The van der Waals surface area contributed by atoms with Crippen LogP contribution in [0.5, 0.6) is 0 Å². The number of nitrogens with one attached hydrogen (secondary N) is 2. The van der Waals surface area contributed by atoms with Crippen molar-refractivity contribution in [1.29, 1.82) is 0 Å². The van der Waals surface area contributed by atoms with Crippen LogP contribution in [0.1, 0.15) is 26.2 Å². The van der Waals surface area contributed by atoms with Gasteiger partial charge in [-0.05, 0) is 26.0 Å². The van der Waals surface area contributed by atoms with Crippen LogP contribution in [-0.2, 0) is 4.79 Å². The zero-order valence-electron chi connectivity index (χ0n) is 10.1. The van der Waals surface area contributed by atoms with Crippen LogP contribution in [0.25, 0.3) is 0 Å². The molecule has 0 saturated heterocycles. The zero-order chi connectivity index (χ0) is 12.0. The molecule has 0 radical (unpaired) electrons. The van der Waals surface area contributed by atoms with Crippen molar-refractivity contribution in [1.82, 2.24) is 10.6 Å². The standard InChI is InChI=1S/C11H22N2O2S/c1-11(15,8-16-2)7-13-10(14)5-6-12-9-3-4-9/h9,12,15H,3-8H2,1-2H3,(H,13,14). The molecule has 1 aliphatic rings. The van der Waals surface area contributed by atoms with Gasteiger partial charge in [0, 0.05) is 31.3 Å². The molecule has 1 rings (SSSR count). The van der Waals surface area contributed by atoms with Gasteiger partial charge in [0.2, 0.25) is 5.91 Å². The Balaban J connectivity index is 2.03. The summed E-state index contributed by atoms with van der Waals surface area (Å²) >= 11 is 1.58. The molecule has 0 aliphatic heterocycles. The van der Waals surface area contributed by atoms with Crippen molar-refractivity contribution in [2.45, 2.75) is 37.8 Å². The average molecular weight is 246 g/mol. The van der Waals surface area contributed by atoms with Crippen molar-refractivity contribution in [3.8, 4) is 0 Å². The highest BCUT2D eigenvalue weighted by Gasteiger charge is 2.21. The topological polar surface area (TPSA) is 61.4 Å². The van der Waals surface area contributed by atoms with Crippen molar-refractivity contribution in [3.63, 3.8) is 0 Å². The van der Waals surface area contributed by atoms with Crippen molar-refractivity contribution >= 4 is 17.7 Å². The maximum atomic E-state index is 11.4. The minimum atomic E-state index is -0.807. The summed E-state index contributed by atoms with van der Waals surface area (Å²) in [4.78, 5) is 11.4. The smallest absolute Gasteiger partial charge is 0.221 e. The minimum absolute atomic E-state index is 0.00882. The molecular weight excluding hydrogens is 224 g/mol. The molecule has 1 unspecified atom stereocenters. The van der Waals surface area contributed by atoms with Gasteiger partial charge in [-0.1, -0.05) is 0 Å². The number of hydrogen-bond donors (Lipinski definition) is 3. The Labute approximate surface area is 102 Å². The fourth-order valence-electron chi connectivity index (χ4n) is 1.42. The van der Waals surface area contributed by atoms with Crippen LogP contribution in [0, 0.1) is 0 Å². The number of carbonyl (C=O) groups excluding carboxylic acids is 1. The summed E-state index contributed by atoms with van der Waals surface area (Å²) in [5, 5.41) is 15.9. The molecule has 5 heteroatoms. The molecule has 94 valence electrons. The molecule has 1 fully saturated rings. The largest absolute Gasteiger partial charge is 0.387 e. The Morgan fingerprint density at radius 3 is 2.81 bits per heavy atom. The zero-order valence-corrected chi connectivity index (χ0v) is 10.9. The Bertz CT molecular complexity index is 230. The van der Waals surface area contributed by atoms with Crippen LogP contribution in [0.2, 0.25) is 0 Å². The highest BCUT2D eigenvalue weighted by Crippen LogP contribution is 2.18. The molecule has 0 heterocycles. The maximum absolute atomic E-state index is 11.4. The van der Waals surface area contributed by atoms with Gasteiger partial charge in [0.25, 0.3) is 0 Å². The van der Waals surface area contributed by atoms with Crippen LogP contribution in [0.15, 0.2) is 0 Å². The Morgan fingerprint density at radius 2 is 2.25 bits per heavy atom. The van der Waals surface area contributed by atoms with Crippen molar-refractivity contribution in [2.75, 3.05) is 25.1 Å². The van der Waals surface area contributed by atoms with Gasteiger partial charge in [-0.15, -0.1) is 0 Å². The lowest BCUT2D eigenvalue weighted by atomic mass is 10.1. The summed E-state index contributed by atoms with van der Waals surface area (Å²) in [6, 6.07) is 0.646. The summed E-state index contributed by atoms with van der Waals surface area (Å²) in [6.45, 7) is 2.81. The van der Waals surface area contributed by atoms with Crippen LogP contribution in [0.3, 0.4) is 0 Å². The van der Waals surface area contributed by atoms with Crippen LogP contribution >= 0.6 is 11.8 Å². The van der Waals surface area contributed by atoms with E-state index in [9.17, 15) is 9.90 Å². The molecule has 1 saturated carbocycles. The van der Waals surface area contributed by atoms with Gasteiger partial charge in [-0.3, -0.25) is 4.79 Å². The molecule has 3 N–H and O–H groups in total. The first-order valence-corrected chi connectivity index (χ1v) is 7.14. The number of hydrogen-bond acceptors (Lipinski definition) is 4. The van der Waals surface area contributed by atoms with Gasteiger partial charge in [0.15, 0.2) is 0 Å². The fraction of sp³-hybridized carbons (Fsp3) is 0.909. The number of thioether (sulfide) groups is 1. The van der Waals surface area contributed by atoms with E-state index in [1.54, 1.807) is 18.7 Å². The van der Waals surface area contributed by atoms with Crippen molar-refractivity contribution in [3.05, 3.63) is 0 Å². The number of amides is 1. The first-order chi connectivity index (χ1) is 7.53. The van der Waals surface area contributed by atoms with Crippen molar-refractivity contribution in [2.24, 2.45) is 0 Å². The summed E-state index contributed by atoms with van der Waals surface area (Å²) in [7, 11) is 0. The van der Waals surface area contributed by atoms with E-state index in [-0.39, 0.29) is 5.91 Å². The van der Waals surface area contributed by atoms with E-state index in [1.165, 1.54) is 12.8 Å². The summed E-state index contributed by atoms with van der Waals surface area (Å²) < 4.78 is 0. The second-order valence-electron chi connectivity index (χ2n) is 4.69. The third kappa shape index (κ3) is 6.35. The predicted molar refractivity (Wildman–Crippen MR) is 67.7 cm³/mol. The molecule has 1 amide bonds. The molecule has 1 aliphatic carbocycles. The SMILES string of the molecule is CSCC(C)(O)CNC(=O)CCNC1CC1. The first-order valence-electron chi connectivity index (χ1n) is 5.75. The Hall–Kier alpha value is -0.260. The maximum Gasteiger partial charge on any atom is 0.221 e.